The molecule has 0 amide bonds. The van der Waals surface area contributed by atoms with Crippen LogP contribution in [0.15, 0.2) is 23.8 Å². The molecule has 28 heavy (non-hydrogen) atoms. The van der Waals surface area contributed by atoms with Gasteiger partial charge in [0.1, 0.15) is 0 Å². The van der Waals surface area contributed by atoms with Gasteiger partial charge in [-0.05, 0) is 68.8 Å². The molecule has 4 aliphatic carbocycles. The number of halogens is 2. The van der Waals surface area contributed by atoms with Crippen molar-refractivity contribution >= 4 is 29.3 Å². The van der Waals surface area contributed by atoms with Gasteiger partial charge in [0.25, 0.3) is 0 Å². The fourth-order valence-electron chi connectivity index (χ4n) is 6.99. The first-order valence-electron chi connectivity index (χ1n) is 10.2. The zero-order valence-corrected chi connectivity index (χ0v) is 18.5. The van der Waals surface area contributed by atoms with Gasteiger partial charge in [-0.3, -0.25) is 9.18 Å². The zero-order valence-electron chi connectivity index (χ0n) is 16.8. The van der Waals surface area contributed by atoms with E-state index in [1.807, 2.05) is 6.92 Å². The average Bonchev–Trinajstić information content (AvgIpc) is 2.94. The summed E-state index contributed by atoms with van der Waals surface area (Å²) in [6, 6.07) is 0. The van der Waals surface area contributed by atoms with Crippen molar-refractivity contribution in [2.45, 2.75) is 61.8 Å². The molecule has 0 spiro atoms. The Kier molecular flexibility index (Phi) is 5.11. The Morgan fingerprint density at radius 1 is 1.29 bits per heavy atom. The number of hydrogen-bond acceptors (Lipinski definition) is 4. The third-order valence-corrected chi connectivity index (χ3v) is 12.1. The molecule has 0 aromatic carbocycles. The van der Waals surface area contributed by atoms with Crippen molar-refractivity contribution in [3.8, 4) is 0 Å². The summed E-state index contributed by atoms with van der Waals surface area (Å²) < 4.78 is 29.8. The number of aliphatic hydroxyl groups excluding tert-OH is 1. The summed E-state index contributed by atoms with van der Waals surface area (Å²) in [6.07, 6.45) is 9.31. The second-order valence-corrected chi connectivity index (χ2v) is 12.1. The maximum absolute atomic E-state index is 16.9. The summed E-state index contributed by atoms with van der Waals surface area (Å²) in [5.41, 5.74) is -2.11. The number of rotatable bonds is 4. The molecule has 0 aromatic rings. The van der Waals surface area contributed by atoms with Crippen LogP contribution in [0.25, 0.3) is 0 Å². The number of fused-ring (bicyclic) bond motifs is 5. The van der Waals surface area contributed by atoms with Gasteiger partial charge < -0.3 is 5.11 Å². The molecule has 156 valence electrons. The standard InChI is InChI=1S/C22H30F2O2S2/c1-19-8-6-15(25)12-14(19)4-5-17-16-7-9-21(27-3,28-11-10-23)20(16,2)13-18(26)22(17,19)24/h6,8,12,16-18,26H,4-5,7,9-11,13H2,1-3H3/t16-,17-,18-,19-,20-,21+,22-/m0/s1. The number of carbonyl (C=O) groups is 1. The van der Waals surface area contributed by atoms with Gasteiger partial charge in [-0.25, -0.2) is 4.39 Å². The predicted molar refractivity (Wildman–Crippen MR) is 113 cm³/mol. The lowest BCUT2D eigenvalue weighted by Crippen LogP contribution is -2.67. The SMILES string of the molecule is CS[C@@]1(SCCF)CC[C@H]2[C@@H]3CCC4=CC(=O)C=C[C@]4(C)[C@@]3(F)[C@@H](O)C[C@@]21C. The summed E-state index contributed by atoms with van der Waals surface area (Å²) in [7, 11) is 0. The Labute approximate surface area is 175 Å². The lowest BCUT2D eigenvalue weighted by atomic mass is 9.46. The highest BCUT2D eigenvalue weighted by Crippen LogP contribution is 2.73. The van der Waals surface area contributed by atoms with Crippen LogP contribution in [0.5, 0.6) is 0 Å². The maximum atomic E-state index is 16.9. The number of aliphatic hydroxyl groups is 1. The summed E-state index contributed by atoms with van der Waals surface area (Å²) in [6.45, 7) is 3.69. The zero-order chi connectivity index (χ0) is 20.4. The second-order valence-electron chi connectivity index (χ2n) is 9.30. The van der Waals surface area contributed by atoms with Crippen molar-refractivity contribution in [3.63, 3.8) is 0 Å². The fourth-order valence-corrected chi connectivity index (χ4v) is 9.97. The molecule has 0 aliphatic heterocycles. The lowest BCUT2D eigenvalue weighted by Gasteiger charge is -2.63. The molecule has 4 rings (SSSR count). The van der Waals surface area contributed by atoms with Crippen LogP contribution in [0.3, 0.4) is 0 Å². The molecule has 3 saturated carbocycles. The van der Waals surface area contributed by atoms with Crippen molar-refractivity contribution in [1.82, 2.24) is 0 Å². The van der Waals surface area contributed by atoms with E-state index in [4.69, 9.17) is 0 Å². The molecule has 0 unspecified atom stereocenters. The highest BCUT2D eigenvalue weighted by atomic mass is 32.2. The van der Waals surface area contributed by atoms with E-state index >= 15 is 4.39 Å². The Morgan fingerprint density at radius 2 is 2.04 bits per heavy atom. The number of hydrogen-bond donors (Lipinski definition) is 1. The quantitative estimate of drug-likeness (QED) is 0.631. The predicted octanol–water partition coefficient (Wildman–Crippen LogP) is 5.12. The van der Waals surface area contributed by atoms with E-state index in [0.29, 0.717) is 25.0 Å². The molecule has 2 nitrogen and oxygen atoms in total. The minimum atomic E-state index is -1.77. The molecule has 3 fully saturated rings. The van der Waals surface area contributed by atoms with E-state index in [2.05, 4.69) is 13.2 Å². The third kappa shape index (κ3) is 2.46. The van der Waals surface area contributed by atoms with E-state index in [1.165, 1.54) is 6.08 Å². The van der Waals surface area contributed by atoms with E-state index in [1.54, 1.807) is 35.7 Å². The Morgan fingerprint density at radius 3 is 2.71 bits per heavy atom. The van der Waals surface area contributed by atoms with E-state index in [9.17, 15) is 14.3 Å². The van der Waals surface area contributed by atoms with Crippen molar-refractivity contribution in [1.29, 1.82) is 0 Å². The third-order valence-electron chi connectivity index (χ3n) is 8.43. The molecule has 0 saturated heterocycles. The van der Waals surface area contributed by atoms with Gasteiger partial charge in [0.15, 0.2) is 11.5 Å². The van der Waals surface area contributed by atoms with Crippen LogP contribution in [-0.4, -0.2) is 45.4 Å². The first kappa shape index (κ1) is 20.9. The van der Waals surface area contributed by atoms with Gasteiger partial charge in [-0.2, -0.15) is 0 Å². The number of carbonyl (C=O) groups excluding carboxylic acids is 1. The Balaban J connectivity index is 1.76. The summed E-state index contributed by atoms with van der Waals surface area (Å²) in [5, 5.41) is 11.3. The first-order valence-corrected chi connectivity index (χ1v) is 12.5. The number of allylic oxidation sites excluding steroid dienone is 4. The van der Waals surface area contributed by atoms with Gasteiger partial charge >= 0.3 is 0 Å². The monoisotopic (exact) mass is 428 g/mol. The molecule has 6 heteroatoms. The van der Waals surface area contributed by atoms with Crippen LogP contribution in [-0.2, 0) is 4.79 Å². The molecule has 0 bridgehead atoms. The smallest absolute Gasteiger partial charge is 0.178 e. The minimum absolute atomic E-state index is 0.0884. The average molecular weight is 429 g/mol. The van der Waals surface area contributed by atoms with Crippen molar-refractivity contribution in [3.05, 3.63) is 23.8 Å². The van der Waals surface area contributed by atoms with Crippen LogP contribution in [0.4, 0.5) is 8.78 Å². The summed E-state index contributed by atoms with van der Waals surface area (Å²) in [5.74, 6) is 0.265. The van der Waals surface area contributed by atoms with Crippen LogP contribution in [0.2, 0.25) is 0 Å². The van der Waals surface area contributed by atoms with E-state index in [-0.39, 0.29) is 33.8 Å². The number of thioether (sulfide) groups is 2. The molecular weight excluding hydrogens is 398 g/mol. The highest BCUT2D eigenvalue weighted by molar-refractivity contribution is 8.18. The molecule has 4 aliphatic rings. The Hall–Kier alpha value is -0.330. The van der Waals surface area contributed by atoms with Crippen LogP contribution in [0, 0.1) is 22.7 Å². The number of alkyl halides is 2. The van der Waals surface area contributed by atoms with Crippen LogP contribution in [0.1, 0.15) is 46.0 Å². The fraction of sp³-hybridized carbons (Fsp3) is 0.773. The van der Waals surface area contributed by atoms with Gasteiger partial charge in [0.2, 0.25) is 0 Å². The van der Waals surface area contributed by atoms with Gasteiger partial charge in [-0.1, -0.05) is 18.6 Å². The largest absolute Gasteiger partial charge is 0.390 e. The lowest BCUT2D eigenvalue weighted by molar-refractivity contribution is -0.189. The second kappa shape index (κ2) is 6.84. The highest BCUT2D eigenvalue weighted by Gasteiger charge is 2.72. The van der Waals surface area contributed by atoms with Crippen molar-refractivity contribution < 1.29 is 18.7 Å². The summed E-state index contributed by atoms with van der Waals surface area (Å²) >= 11 is 3.42. The molecule has 0 aromatic heterocycles. The summed E-state index contributed by atoms with van der Waals surface area (Å²) in [4.78, 5) is 11.9. The van der Waals surface area contributed by atoms with Crippen molar-refractivity contribution in [2.24, 2.45) is 22.7 Å². The Bertz CT molecular complexity index is 740. The normalized spacial score (nSPS) is 50.0. The van der Waals surface area contributed by atoms with Gasteiger partial charge in [0.05, 0.1) is 16.9 Å². The number of ketones is 1. The molecule has 7 atom stereocenters. The van der Waals surface area contributed by atoms with Crippen LogP contribution >= 0.6 is 23.5 Å². The van der Waals surface area contributed by atoms with Gasteiger partial charge in [-0.15, -0.1) is 23.5 Å². The van der Waals surface area contributed by atoms with E-state index < -0.39 is 17.2 Å². The van der Waals surface area contributed by atoms with E-state index in [0.717, 1.165) is 18.4 Å². The van der Waals surface area contributed by atoms with Gasteiger partial charge in [0, 0.05) is 17.1 Å². The molecular formula is C22H30F2O2S2. The molecule has 1 N–H and O–H groups in total. The maximum Gasteiger partial charge on any atom is 0.178 e. The molecule has 0 radical (unpaired) electrons. The minimum Gasteiger partial charge on any atom is -0.390 e. The first-order chi connectivity index (χ1) is 13.2. The molecule has 0 heterocycles. The van der Waals surface area contributed by atoms with Crippen molar-refractivity contribution in [2.75, 3.05) is 18.7 Å². The van der Waals surface area contributed by atoms with Crippen LogP contribution < -0.4 is 0 Å². The topological polar surface area (TPSA) is 37.3 Å².